The second-order valence-corrected chi connectivity index (χ2v) is 5.76. The average Bonchev–Trinajstić information content (AvgIpc) is 2.27. The van der Waals surface area contributed by atoms with Crippen LogP contribution in [-0.4, -0.2) is 0 Å². The van der Waals surface area contributed by atoms with E-state index in [1.807, 2.05) is 12.1 Å². The minimum Gasteiger partial charge on any atom is -0.381 e. The minimum atomic E-state index is 0.641. The van der Waals surface area contributed by atoms with Gasteiger partial charge in [0.15, 0.2) is 0 Å². The van der Waals surface area contributed by atoms with Crippen LogP contribution >= 0.6 is 45.8 Å². The lowest BCUT2D eigenvalue weighted by atomic mass is 10.2. The van der Waals surface area contributed by atoms with Gasteiger partial charge in [-0.15, -0.1) is 0 Å². The molecule has 0 atom stereocenters. The van der Waals surface area contributed by atoms with Crippen molar-refractivity contribution in [1.29, 1.82) is 0 Å². The molecule has 0 saturated carbocycles. The Morgan fingerprint density at radius 3 is 2.12 bits per heavy atom. The maximum atomic E-state index is 5.93. The molecule has 17 heavy (non-hydrogen) atoms. The van der Waals surface area contributed by atoms with Crippen molar-refractivity contribution in [3.05, 3.63) is 61.6 Å². The van der Waals surface area contributed by atoms with Gasteiger partial charge >= 0.3 is 0 Å². The molecule has 0 heterocycles. The lowest BCUT2D eigenvalue weighted by Crippen LogP contribution is -1.99. The van der Waals surface area contributed by atoms with E-state index >= 15 is 0 Å². The van der Waals surface area contributed by atoms with Crippen LogP contribution in [0, 0.1) is 3.57 Å². The van der Waals surface area contributed by atoms with Crippen molar-refractivity contribution in [3.63, 3.8) is 0 Å². The van der Waals surface area contributed by atoms with E-state index < -0.39 is 0 Å². The Morgan fingerprint density at radius 1 is 0.941 bits per heavy atom. The van der Waals surface area contributed by atoms with Gasteiger partial charge in [0.25, 0.3) is 0 Å². The molecule has 0 unspecified atom stereocenters. The molecule has 2 aromatic rings. The Kier molecular flexibility index (Phi) is 4.54. The van der Waals surface area contributed by atoms with Crippen LogP contribution in [0.25, 0.3) is 0 Å². The molecule has 4 heteroatoms. The molecule has 0 radical (unpaired) electrons. The Hall–Kier alpha value is -0.450. The first-order valence-electron chi connectivity index (χ1n) is 5.08. The van der Waals surface area contributed by atoms with Gasteiger partial charge < -0.3 is 5.32 Å². The highest BCUT2D eigenvalue weighted by atomic mass is 127. The zero-order chi connectivity index (χ0) is 12.3. The number of nitrogens with one attached hydrogen (secondary N) is 1. The van der Waals surface area contributed by atoms with E-state index in [1.165, 1.54) is 9.13 Å². The summed E-state index contributed by atoms with van der Waals surface area (Å²) in [6.45, 7) is 0.758. The van der Waals surface area contributed by atoms with Crippen molar-refractivity contribution in [3.8, 4) is 0 Å². The van der Waals surface area contributed by atoms with Crippen LogP contribution < -0.4 is 5.32 Å². The summed E-state index contributed by atoms with van der Waals surface area (Å²) in [7, 11) is 0. The van der Waals surface area contributed by atoms with Gasteiger partial charge in [-0.05, 0) is 58.5 Å². The fraction of sp³-hybridized carbons (Fsp3) is 0.0769. The maximum Gasteiger partial charge on any atom is 0.0441 e. The lowest BCUT2D eigenvalue weighted by molar-refractivity contribution is 1.15. The summed E-state index contributed by atoms with van der Waals surface area (Å²) in [6, 6.07) is 13.8. The Bertz CT molecular complexity index is 491. The molecule has 0 fully saturated rings. The Morgan fingerprint density at radius 2 is 1.53 bits per heavy atom. The van der Waals surface area contributed by atoms with Gasteiger partial charge in [-0.25, -0.2) is 0 Å². The summed E-state index contributed by atoms with van der Waals surface area (Å²) in [6.07, 6.45) is 0. The predicted molar refractivity (Wildman–Crippen MR) is 82.9 cm³/mol. The fourth-order valence-corrected chi connectivity index (χ4v) is 2.35. The van der Waals surface area contributed by atoms with Gasteiger partial charge in [0, 0.05) is 25.8 Å². The highest BCUT2D eigenvalue weighted by Gasteiger charge is 1.98. The second-order valence-electron chi connectivity index (χ2n) is 3.64. The predicted octanol–water partition coefficient (Wildman–Crippen LogP) is 5.21. The van der Waals surface area contributed by atoms with Crippen molar-refractivity contribution >= 4 is 51.5 Å². The highest BCUT2D eigenvalue weighted by molar-refractivity contribution is 14.1. The summed E-state index contributed by atoms with van der Waals surface area (Å²) in [5.41, 5.74) is 2.16. The van der Waals surface area contributed by atoms with Gasteiger partial charge in [-0.1, -0.05) is 35.3 Å². The molecular weight excluding hydrogens is 368 g/mol. The van der Waals surface area contributed by atoms with Crippen LogP contribution in [0.15, 0.2) is 42.5 Å². The van der Waals surface area contributed by atoms with Gasteiger partial charge in [0.2, 0.25) is 0 Å². The van der Waals surface area contributed by atoms with E-state index in [4.69, 9.17) is 23.2 Å². The zero-order valence-electron chi connectivity index (χ0n) is 8.88. The van der Waals surface area contributed by atoms with Crippen LogP contribution in [0.5, 0.6) is 0 Å². The van der Waals surface area contributed by atoms with Crippen molar-refractivity contribution in [1.82, 2.24) is 0 Å². The van der Waals surface area contributed by atoms with E-state index in [2.05, 4.69) is 52.2 Å². The SMILES string of the molecule is Clc1cc(Cl)cc(NCc2ccc(I)cc2)c1. The minimum absolute atomic E-state index is 0.641. The van der Waals surface area contributed by atoms with Crippen LogP contribution in [0.4, 0.5) is 5.69 Å². The fourth-order valence-electron chi connectivity index (χ4n) is 1.46. The van der Waals surface area contributed by atoms with Crippen LogP contribution in [0.1, 0.15) is 5.56 Å². The molecule has 2 rings (SSSR count). The molecule has 88 valence electrons. The Balaban J connectivity index is 2.04. The topological polar surface area (TPSA) is 12.0 Å². The summed E-state index contributed by atoms with van der Waals surface area (Å²) in [5, 5.41) is 4.57. The van der Waals surface area contributed by atoms with E-state index in [0.29, 0.717) is 10.0 Å². The Labute approximate surface area is 124 Å². The highest BCUT2D eigenvalue weighted by Crippen LogP contribution is 2.22. The summed E-state index contributed by atoms with van der Waals surface area (Å²) in [4.78, 5) is 0. The average molecular weight is 378 g/mol. The molecule has 0 saturated heterocycles. The number of hydrogen-bond donors (Lipinski definition) is 1. The number of hydrogen-bond acceptors (Lipinski definition) is 1. The maximum absolute atomic E-state index is 5.93. The first kappa shape index (κ1) is 13.0. The first-order chi connectivity index (χ1) is 8.13. The molecule has 1 N–H and O–H groups in total. The number of anilines is 1. The van der Waals surface area contributed by atoms with Crippen LogP contribution in [-0.2, 0) is 6.54 Å². The molecule has 0 bridgehead atoms. The quantitative estimate of drug-likeness (QED) is 0.724. The molecular formula is C13H10Cl2IN. The van der Waals surface area contributed by atoms with Gasteiger partial charge in [0.1, 0.15) is 0 Å². The summed E-state index contributed by atoms with van der Waals surface area (Å²) >= 11 is 14.1. The number of rotatable bonds is 3. The standard InChI is InChI=1S/C13H10Cl2IN/c14-10-5-11(15)7-13(6-10)17-8-9-1-3-12(16)4-2-9/h1-7,17H,8H2. The third-order valence-corrected chi connectivity index (χ3v) is 3.43. The van der Waals surface area contributed by atoms with Gasteiger partial charge in [0.05, 0.1) is 0 Å². The normalized spacial score (nSPS) is 10.3. The van der Waals surface area contributed by atoms with E-state index in [-0.39, 0.29) is 0 Å². The van der Waals surface area contributed by atoms with Crippen molar-refractivity contribution in [2.75, 3.05) is 5.32 Å². The molecule has 0 amide bonds. The molecule has 0 aromatic heterocycles. The van der Waals surface area contributed by atoms with Crippen LogP contribution in [0.3, 0.4) is 0 Å². The lowest BCUT2D eigenvalue weighted by Gasteiger charge is -2.07. The van der Waals surface area contributed by atoms with Crippen LogP contribution in [0.2, 0.25) is 10.0 Å². The van der Waals surface area contributed by atoms with E-state index in [1.54, 1.807) is 6.07 Å². The monoisotopic (exact) mass is 377 g/mol. The molecule has 1 nitrogen and oxygen atoms in total. The summed E-state index contributed by atoms with van der Waals surface area (Å²) in [5.74, 6) is 0. The van der Waals surface area contributed by atoms with E-state index in [0.717, 1.165) is 12.2 Å². The first-order valence-corrected chi connectivity index (χ1v) is 6.91. The van der Waals surface area contributed by atoms with E-state index in [9.17, 15) is 0 Å². The molecule has 0 aliphatic heterocycles. The third kappa shape index (κ3) is 4.05. The summed E-state index contributed by atoms with van der Waals surface area (Å²) < 4.78 is 1.23. The largest absolute Gasteiger partial charge is 0.381 e. The number of benzene rings is 2. The smallest absolute Gasteiger partial charge is 0.0441 e. The van der Waals surface area contributed by atoms with Crippen molar-refractivity contribution in [2.45, 2.75) is 6.54 Å². The number of halogens is 3. The van der Waals surface area contributed by atoms with Crippen molar-refractivity contribution < 1.29 is 0 Å². The molecule has 0 aliphatic rings. The van der Waals surface area contributed by atoms with Crippen molar-refractivity contribution in [2.24, 2.45) is 0 Å². The zero-order valence-corrected chi connectivity index (χ0v) is 12.6. The molecule has 0 spiro atoms. The third-order valence-electron chi connectivity index (χ3n) is 2.27. The van der Waals surface area contributed by atoms with Gasteiger partial charge in [-0.2, -0.15) is 0 Å². The second kappa shape index (κ2) is 5.94. The molecule has 0 aliphatic carbocycles. The molecule has 2 aromatic carbocycles. The van der Waals surface area contributed by atoms with Gasteiger partial charge in [-0.3, -0.25) is 0 Å².